The topological polar surface area (TPSA) is 38.3 Å². The Morgan fingerprint density at radius 1 is 1.25 bits per heavy atom. The van der Waals surface area contributed by atoms with Crippen LogP contribution in [0.3, 0.4) is 0 Å². The molecule has 20 heavy (non-hydrogen) atoms. The van der Waals surface area contributed by atoms with Crippen LogP contribution in [0.1, 0.15) is 24.2 Å². The molecule has 0 fully saturated rings. The molecular formula is C16H18BrNO2. The van der Waals surface area contributed by atoms with Crippen LogP contribution in [0.5, 0.6) is 0 Å². The molecule has 2 aromatic carbocycles. The fraction of sp³-hybridized carbons (Fsp3) is 0.312. The lowest BCUT2D eigenvalue weighted by Gasteiger charge is -2.14. The van der Waals surface area contributed by atoms with Gasteiger partial charge in [0.1, 0.15) is 0 Å². The number of fused-ring (bicyclic) bond motifs is 1. The van der Waals surface area contributed by atoms with Crippen molar-refractivity contribution in [3.05, 3.63) is 46.4 Å². The van der Waals surface area contributed by atoms with E-state index in [4.69, 9.17) is 4.74 Å². The maximum Gasteiger partial charge on any atom is 0.251 e. The van der Waals surface area contributed by atoms with Crippen molar-refractivity contribution in [2.24, 2.45) is 0 Å². The molecule has 0 aliphatic heterocycles. The molecule has 1 atom stereocenters. The van der Waals surface area contributed by atoms with Gasteiger partial charge in [0, 0.05) is 22.7 Å². The van der Waals surface area contributed by atoms with Gasteiger partial charge < -0.3 is 10.1 Å². The van der Waals surface area contributed by atoms with Crippen molar-refractivity contribution < 1.29 is 9.53 Å². The highest BCUT2D eigenvalue weighted by atomic mass is 79.9. The predicted molar refractivity (Wildman–Crippen MR) is 85.1 cm³/mol. The quantitative estimate of drug-likeness (QED) is 0.903. The summed E-state index contributed by atoms with van der Waals surface area (Å²) in [5.41, 5.74) is 0.670. The first-order valence-corrected chi connectivity index (χ1v) is 7.47. The van der Waals surface area contributed by atoms with E-state index >= 15 is 0 Å². The molecule has 0 aromatic heterocycles. The third-order valence-electron chi connectivity index (χ3n) is 3.01. The normalized spacial score (nSPS) is 12.3. The van der Waals surface area contributed by atoms with Crippen molar-refractivity contribution in [1.29, 1.82) is 0 Å². The second kappa shape index (κ2) is 6.86. The van der Waals surface area contributed by atoms with Crippen LogP contribution < -0.4 is 5.32 Å². The highest BCUT2D eigenvalue weighted by molar-refractivity contribution is 9.10. The van der Waals surface area contributed by atoms with Crippen molar-refractivity contribution in [3.8, 4) is 0 Å². The van der Waals surface area contributed by atoms with Crippen LogP contribution in [0.2, 0.25) is 0 Å². The largest absolute Gasteiger partial charge is 0.380 e. The van der Waals surface area contributed by atoms with Crippen LogP contribution in [0.25, 0.3) is 10.8 Å². The molecule has 0 heterocycles. The molecule has 0 saturated heterocycles. The number of amides is 1. The van der Waals surface area contributed by atoms with Crippen LogP contribution in [-0.2, 0) is 4.74 Å². The highest BCUT2D eigenvalue weighted by Crippen LogP contribution is 2.21. The van der Waals surface area contributed by atoms with Crippen molar-refractivity contribution in [1.82, 2.24) is 5.32 Å². The number of hydrogen-bond acceptors (Lipinski definition) is 2. The predicted octanol–water partition coefficient (Wildman–Crippen LogP) is 3.76. The molecule has 0 spiro atoms. The Morgan fingerprint density at radius 2 is 1.95 bits per heavy atom. The lowest BCUT2D eigenvalue weighted by molar-refractivity contribution is 0.0872. The summed E-state index contributed by atoms with van der Waals surface area (Å²) >= 11 is 3.44. The zero-order valence-corrected chi connectivity index (χ0v) is 13.2. The molecule has 0 aliphatic rings. The summed E-state index contributed by atoms with van der Waals surface area (Å²) in [6.45, 7) is 5.07. The fourth-order valence-corrected chi connectivity index (χ4v) is 2.38. The van der Waals surface area contributed by atoms with Crippen molar-refractivity contribution in [2.45, 2.75) is 19.9 Å². The van der Waals surface area contributed by atoms with E-state index < -0.39 is 0 Å². The van der Waals surface area contributed by atoms with E-state index in [0.717, 1.165) is 15.2 Å². The highest BCUT2D eigenvalue weighted by Gasteiger charge is 2.10. The molecule has 0 radical (unpaired) electrons. The average Bonchev–Trinajstić information content (AvgIpc) is 2.44. The molecule has 1 amide bonds. The Morgan fingerprint density at radius 3 is 2.70 bits per heavy atom. The van der Waals surface area contributed by atoms with Gasteiger partial charge in [0.05, 0.1) is 6.61 Å². The summed E-state index contributed by atoms with van der Waals surface area (Å²) in [6, 6.07) is 11.7. The Hall–Kier alpha value is -1.39. The molecule has 4 heteroatoms. The number of ether oxygens (including phenoxy) is 1. The number of rotatable bonds is 5. The number of nitrogens with one attached hydrogen (secondary N) is 1. The summed E-state index contributed by atoms with van der Waals surface area (Å²) in [5.74, 6) is -0.0676. The fourth-order valence-electron chi connectivity index (χ4n) is 2.00. The standard InChI is InChI=1S/C16H18BrNO2/c1-3-20-10-11(2)18-16(19)14-5-4-13-9-15(17)7-6-12(13)8-14/h4-9,11H,3,10H2,1-2H3,(H,18,19). The second-order valence-electron chi connectivity index (χ2n) is 4.74. The maximum atomic E-state index is 12.2. The SMILES string of the molecule is CCOCC(C)NC(=O)c1ccc2cc(Br)ccc2c1. The number of hydrogen-bond donors (Lipinski definition) is 1. The van der Waals surface area contributed by atoms with Crippen molar-refractivity contribution >= 4 is 32.6 Å². The number of benzene rings is 2. The Balaban J connectivity index is 2.12. The third kappa shape index (κ3) is 3.81. The Labute approximate surface area is 127 Å². The minimum absolute atomic E-state index is 0.00284. The van der Waals surface area contributed by atoms with E-state index in [0.29, 0.717) is 18.8 Å². The number of carbonyl (C=O) groups is 1. The van der Waals surface area contributed by atoms with E-state index in [-0.39, 0.29) is 11.9 Å². The zero-order chi connectivity index (χ0) is 14.5. The molecule has 1 N–H and O–H groups in total. The second-order valence-corrected chi connectivity index (χ2v) is 5.66. The van der Waals surface area contributed by atoms with E-state index in [9.17, 15) is 4.79 Å². The first-order valence-electron chi connectivity index (χ1n) is 6.68. The van der Waals surface area contributed by atoms with Gasteiger partial charge in [0.2, 0.25) is 0 Å². The van der Waals surface area contributed by atoms with Crippen LogP contribution in [0.15, 0.2) is 40.9 Å². The Bertz CT molecular complexity index is 612. The summed E-state index contributed by atoms with van der Waals surface area (Å²) in [7, 11) is 0. The van der Waals surface area contributed by atoms with E-state index in [2.05, 4.69) is 21.2 Å². The average molecular weight is 336 g/mol. The van der Waals surface area contributed by atoms with Crippen LogP contribution in [0, 0.1) is 0 Å². The molecule has 2 aromatic rings. The van der Waals surface area contributed by atoms with Gasteiger partial charge >= 0.3 is 0 Å². The van der Waals surface area contributed by atoms with E-state index in [1.807, 2.05) is 50.2 Å². The number of carbonyl (C=O) groups excluding carboxylic acids is 1. The van der Waals surface area contributed by atoms with E-state index in [1.165, 1.54) is 0 Å². The summed E-state index contributed by atoms with van der Waals surface area (Å²) in [4.78, 5) is 12.2. The minimum Gasteiger partial charge on any atom is -0.380 e. The van der Waals surface area contributed by atoms with Crippen molar-refractivity contribution in [3.63, 3.8) is 0 Å². The molecule has 0 bridgehead atoms. The molecule has 1 unspecified atom stereocenters. The number of halogens is 1. The van der Waals surface area contributed by atoms with Gasteiger partial charge in [-0.25, -0.2) is 0 Å². The molecule has 2 rings (SSSR count). The van der Waals surface area contributed by atoms with Crippen molar-refractivity contribution in [2.75, 3.05) is 13.2 Å². The lowest BCUT2D eigenvalue weighted by Crippen LogP contribution is -2.35. The van der Waals surface area contributed by atoms with Crippen LogP contribution in [0.4, 0.5) is 0 Å². The first kappa shape index (κ1) is 15.0. The monoisotopic (exact) mass is 335 g/mol. The summed E-state index contributed by atoms with van der Waals surface area (Å²) < 4.78 is 6.33. The molecular weight excluding hydrogens is 318 g/mol. The zero-order valence-electron chi connectivity index (χ0n) is 11.7. The van der Waals surface area contributed by atoms with Gasteiger partial charge in [-0.3, -0.25) is 4.79 Å². The van der Waals surface area contributed by atoms with Gasteiger partial charge in [-0.05, 0) is 48.9 Å². The lowest BCUT2D eigenvalue weighted by atomic mass is 10.1. The van der Waals surface area contributed by atoms with Gasteiger partial charge in [-0.1, -0.05) is 28.1 Å². The maximum absolute atomic E-state index is 12.2. The molecule has 106 valence electrons. The van der Waals surface area contributed by atoms with Gasteiger partial charge in [-0.15, -0.1) is 0 Å². The Kier molecular flexibility index (Phi) is 5.15. The van der Waals surface area contributed by atoms with Gasteiger partial charge in [-0.2, -0.15) is 0 Å². The smallest absolute Gasteiger partial charge is 0.251 e. The van der Waals surface area contributed by atoms with E-state index in [1.54, 1.807) is 0 Å². The van der Waals surface area contributed by atoms with Crippen LogP contribution >= 0.6 is 15.9 Å². The molecule has 0 aliphatic carbocycles. The van der Waals surface area contributed by atoms with Gasteiger partial charge in [0.25, 0.3) is 5.91 Å². The van der Waals surface area contributed by atoms with Crippen LogP contribution in [-0.4, -0.2) is 25.2 Å². The first-order chi connectivity index (χ1) is 9.60. The van der Waals surface area contributed by atoms with Gasteiger partial charge in [0.15, 0.2) is 0 Å². The minimum atomic E-state index is -0.0676. The summed E-state index contributed by atoms with van der Waals surface area (Å²) in [5, 5.41) is 5.10. The summed E-state index contributed by atoms with van der Waals surface area (Å²) in [6.07, 6.45) is 0. The third-order valence-corrected chi connectivity index (χ3v) is 3.51. The molecule has 3 nitrogen and oxygen atoms in total. The molecule has 0 saturated carbocycles.